The molecule has 0 aliphatic carbocycles. The molecule has 0 saturated carbocycles. The molecule has 0 bridgehead atoms. The van der Waals surface area contributed by atoms with Gasteiger partial charge in [0.25, 0.3) is 5.91 Å². The van der Waals surface area contributed by atoms with Gasteiger partial charge in [-0.25, -0.2) is 9.97 Å². The first-order chi connectivity index (χ1) is 11.6. The maximum Gasteiger partial charge on any atom is 0.276 e. The fraction of sp³-hybridized carbons (Fsp3) is 0.188. The van der Waals surface area contributed by atoms with Crippen molar-refractivity contribution in [1.82, 2.24) is 9.97 Å². The van der Waals surface area contributed by atoms with Crippen molar-refractivity contribution in [3.05, 3.63) is 47.8 Å². The molecule has 126 valence electrons. The SMILES string of the molecule is C=CCSc1ncc(Cl)c(C(=O)Nc2cc(OC)ccc2OC)n1. The number of anilines is 1. The van der Waals surface area contributed by atoms with Gasteiger partial charge in [-0.05, 0) is 12.1 Å². The number of methoxy groups -OCH3 is 2. The Morgan fingerprint density at radius 1 is 1.42 bits per heavy atom. The summed E-state index contributed by atoms with van der Waals surface area (Å²) in [6.07, 6.45) is 3.13. The standard InChI is InChI=1S/C16H16ClN3O3S/c1-4-7-24-16-18-9-11(17)14(20-16)15(21)19-12-8-10(22-2)5-6-13(12)23-3/h4-6,8-9H,1,7H2,2-3H3,(H,19,21). The Bertz CT molecular complexity index is 755. The summed E-state index contributed by atoms with van der Waals surface area (Å²) in [5, 5.41) is 3.34. The van der Waals surface area contributed by atoms with Gasteiger partial charge in [0.1, 0.15) is 11.5 Å². The number of thioether (sulfide) groups is 1. The summed E-state index contributed by atoms with van der Waals surface area (Å²) in [6.45, 7) is 3.63. The zero-order valence-corrected chi connectivity index (χ0v) is 14.8. The van der Waals surface area contributed by atoms with E-state index in [-0.39, 0.29) is 10.7 Å². The van der Waals surface area contributed by atoms with Crippen LogP contribution in [0.5, 0.6) is 11.5 Å². The second-order valence-corrected chi connectivity index (χ2v) is 5.86. The van der Waals surface area contributed by atoms with Crippen LogP contribution < -0.4 is 14.8 Å². The molecular formula is C16H16ClN3O3S. The molecule has 0 radical (unpaired) electrons. The third-order valence-corrected chi connectivity index (χ3v) is 4.06. The zero-order valence-electron chi connectivity index (χ0n) is 13.2. The average molecular weight is 366 g/mol. The molecule has 2 aromatic rings. The highest BCUT2D eigenvalue weighted by Gasteiger charge is 2.17. The first-order valence-corrected chi connectivity index (χ1v) is 8.25. The quantitative estimate of drug-likeness (QED) is 0.458. The van der Waals surface area contributed by atoms with Gasteiger partial charge >= 0.3 is 0 Å². The van der Waals surface area contributed by atoms with E-state index in [0.717, 1.165) is 0 Å². The van der Waals surface area contributed by atoms with Gasteiger partial charge in [-0.1, -0.05) is 29.4 Å². The maximum absolute atomic E-state index is 12.5. The molecule has 0 saturated heterocycles. The van der Waals surface area contributed by atoms with Crippen molar-refractivity contribution >= 4 is 35.0 Å². The normalized spacial score (nSPS) is 10.1. The molecule has 1 N–H and O–H groups in total. The molecular weight excluding hydrogens is 350 g/mol. The van der Waals surface area contributed by atoms with E-state index >= 15 is 0 Å². The third kappa shape index (κ3) is 4.39. The third-order valence-electron chi connectivity index (χ3n) is 2.92. The van der Waals surface area contributed by atoms with E-state index in [9.17, 15) is 4.79 Å². The molecule has 0 unspecified atom stereocenters. The summed E-state index contributed by atoms with van der Waals surface area (Å²) < 4.78 is 10.4. The Morgan fingerprint density at radius 2 is 2.21 bits per heavy atom. The molecule has 24 heavy (non-hydrogen) atoms. The molecule has 0 aliphatic rings. The number of rotatable bonds is 7. The van der Waals surface area contributed by atoms with Crippen LogP contribution >= 0.6 is 23.4 Å². The Labute approximate surface area is 149 Å². The van der Waals surface area contributed by atoms with Crippen LogP contribution in [-0.4, -0.2) is 35.8 Å². The van der Waals surface area contributed by atoms with Gasteiger partial charge < -0.3 is 14.8 Å². The molecule has 1 heterocycles. The van der Waals surface area contributed by atoms with Gasteiger partial charge in [-0.15, -0.1) is 6.58 Å². The Morgan fingerprint density at radius 3 is 2.88 bits per heavy atom. The van der Waals surface area contributed by atoms with Crippen molar-refractivity contribution in [3.8, 4) is 11.5 Å². The van der Waals surface area contributed by atoms with E-state index in [0.29, 0.717) is 28.1 Å². The number of nitrogens with zero attached hydrogens (tertiary/aromatic N) is 2. The number of aromatic nitrogens is 2. The van der Waals surface area contributed by atoms with Gasteiger partial charge in [0.2, 0.25) is 0 Å². The van der Waals surface area contributed by atoms with Gasteiger partial charge in [0, 0.05) is 11.8 Å². The van der Waals surface area contributed by atoms with Gasteiger partial charge in [-0.2, -0.15) is 0 Å². The fourth-order valence-corrected chi connectivity index (χ4v) is 2.53. The van der Waals surface area contributed by atoms with E-state index in [1.54, 1.807) is 24.3 Å². The Hall–Kier alpha value is -2.25. The summed E-state index contributed by atoms with van der Waals surface area (Å²) in [5.74, 6) is 1.25. The van der Waals surface area contributed by atoms with E-state index in [1.165, 1.54) is 32.2 Å². The lowest BCUT2D eigenvalue weighted by Crippen LogP contribution is -2.16. The van der Waals surface area contributed by atoms with Crippen molar-refractivity contribution < 1.29 is 14.3 Å². The highest BCUT2D eigenvalue weighted by atomic mass is 35.5. The van der Waals surface area contributed by atoms with Crippen LogP contribution in [0.1, 0.15) is 10.5 Å². The average Bonchev–Trinajstić information content (AvgIpc) is 2.60. The number of ether oxygens (including phenoxy) is 2. The predicted octanol–water partition coefficient (Wildman–Crippen LogP) is 3.68. The van der Waals surface area contributed by atoms with Gasteiger partial charge in [0.05, 0.1) is 31.1 Å². The van der Waals surface area contributed by atoms with Crippen LogP contribution in [0, 0.1) is 0 Å². The van der Waals surface area contributed by atoms with E-state index in [2.05, 4.69) is 21.9 Å². The zero-order chi connectivity index (χ0) is 17.5. The molecule has 0 fully saturated rings. The first-order valence-electron chi connectivity index (χ1n) is 6.88. The number of amides is 1. The number of benzene rings is 1. The topological polar surface area (TPSA) is 73.3 Å². The van der Waals surface area contributed by atoms with Crippen molar-refractivity contribution in [2.24, 2.45) is 0 Å². The van der Waals surface area contributed by atoms with Crippen LogP contribution in [0.3, 0.4) is 0 Å². The fourth-order valence-electron chi connectivity index (χ4n) is 1.81. The predicted molar refractivity (Wildman–Crippen MR) is 95.5 cm³/mol. The molecule has 6 nitrogen and oxygen atoms in total. The number of nitrogens with one attached hydrogen (secondary N) is 1. The number of carbonyl (C=O) groups is 1. The number of carbonyl (C=O) groups excluding carboxylic acids is 1. The summed E-state index contributed by atoms with van der Waals surface area (Å²) >= 11 is 7.41. The van der Waals surface area contributed by atoms with Crippen LogP contribution in [0.4, 0.5) is 5.69 Å². The lowest BCUT2D eigenvalue weighted by atomic mass is 10.2. The van der Waals surface area contributed by atoms with Crippen LogP contribution in [0.25, 0.3) is 0 Å². The van der Waals surface area contributed by atoms with Crippen molar-refractivity contribution in [3.63, 3.8) is 0 Å². The number of hydrogen-bond acceptors (Lipinski definition) is 6. The van der Waals surface area contributed by atoms with Crippen molar-refractivity contribution in [1.29, 1.82) is 0 Å². The molecule has 0 spiro atoms. The minimum atomic E-state index is -0.464. The monoisotopic (exact) mass is 365 g/mol. The summed E-state index contributed by atoms with van der Waals surface area (Å²) in [7, 11) is 3.05. The highest BCUT2D eigenvalue weighted by molar-refractivity contribution is 7.99. The molecule has 0 aliphatic heterocycles. The Kier molecular flexibility index (Phi) is 6.45. The smallest absolute Gasteiger partial charge is 0.276 e. The second kappa shape index (κ2) is 8.56. The molecule has 8 heteroatoms. The molecule has 1 amide bonds. The Balaban J connectivity index is 2.28. The van der Waals surface area contributed by atoms with Crippen LogP contribution in [0.15, 0.2) is 42.2 Å². The molecule has 1 aromatic heterocycles. The van der Waals surface area contributed by atoms with Crippen molar-refractivity contribution in [2.75, 3.05) is 25.3 Å². The summed E-state index contributed by atoms with van der Waals surface area (Å²) in [4.78, 5) is 20.8. The second-order valence-electron chi connectivity index (χ2n) is 4.47. The maximum atomic E-state index is 12.5. The molecule has 1 aromatic carbocycles. The van der Waals surface area contributed by atoms with Crippen molar-refractivity contribution in [2.45, 2.75) is 5.16 Å². The van der Waals surface area contributed by atoms with Gasteiger partial charge in [0.15, 0.2) is 10.9 Å². The number of halogens is 1. The molecule has 2 rings (SSSR count). The lowest BCUT2D eigenvalue weighted by molar-refractivity contribution is 0.102. The first kappa shape index (κ1) is 18.1. The van der Waals surface area contributed by atoms with E-state index in [4.69, 9.17) is 21.1 Å². The minimum Gasteiger partial charge on any atom is -0.497 e. The summed E-state index contributed by atoms with van der Waals surface area (Å²) in [6, 6.07) is 5.08. The van der Waals surface area contributed by atoms with E-state index < -0.39 is 5.91 Å². The lowest BCUT2D eigenvalue weighted by Gasteiger charge is -2.12. The minimum absolute atomic E-state index is 0.0862. The highest BCUT2D eigenvalue weighted by Crippen LogP contribution is 2.29. The van der Waals surface area contributed by atoms with E-state index in [1.807, 2.05) is 0 Å². The van der Waals surface area contributed by atoms with Crippen LogP contribution in [0.2, 0.25) is 5.02 Å². The largest absolute Gasteiger partial charge is 0.497 e. The molecule has 0 atom stereocenters. The van der Waals surface area contributed by atoms with Gasteiger partial charge in [-0.3, -0.25) is 4.79 Å². The summed E-state index contributed by atoms with van der Waals surface area (Å²) in [5.41, 5.74) is 0.542. The van der Waals surface area contributed by atoms with Crippen LogP contribution in [-0.2, 0) is 0 Å². The number of hydrogen-bond donors (Lipinski definition) is 1.